The Bertz CT molecular complexity index is 818. The molecule has 3 rings (SSSR count). The van der Waals surface area contributed by atoms with E-state index in [1.54, 1.807) is 23.6 Å². The van der Waals surface area contributed by atoms with Gasteiger partial charge in [-0.1, -0.05) is 0 Å². The van der Waals surface area contributed by atoms with Gasteiger partial charge in [0.1, 0.15) is 5.69 Å². The van der Waals surface area contributed by atoms with Gasteiger partial charge in [-0.15, -0.1) is 11.3 Å². The van der Waals surface area contributed by atoms with Crippen LogP contribution < -0.4 is 11.1 Å². The van der Waals surface area contributed by atoms with E-state index < -0.39 is 0 Å². The minimum atomic E-state index is -0.158. The van der Waals surface area contributed by atoms with E-state index in [1.807, 2.05) is 36.6 Å². The van der Waals surface area contributed by atoms with Crippen LogP contribution in [0.25, 0.3) is 10.2 Å². The number of amides is 1. The Morgan fingerprint density at radius 1 is 1.43 bits per heavy atom. The molecule has 3 N–H and O–H groups in total. The summed E-state index contributed by atoms with van der Waals surface area (Å²) in [5, 5.41) is 3.93. The Morgan fingerprint density at radius 3 is 3.00 bits per heavy atom. The van der Waals surface area contributed by atoms with Gasteiger partial charge in [-0.3, -0.25) is 4.79 Å². The zero-order chi connectivity index (χ0) is 15.0. The van der Waals surface area contributed by atoms with Gasteiger partial charge in [-0.05, 0) is 38.1 Å². The fraction of sp³-hybridized carbons (Fsp3) is 0.200. The van der Waals surface area contributed by atoms with E-state index in [2.05, 4.69) is 10.3 Å². The highest BCUT2D eigenvalue weighted by Crippen LogP contribution is 2.25. The number of rotatable bonds is 3. The molecule has 0 spiro atoms. The van der Waals surface area contributed by atoms with Crippen molar-refractivity contribution < 1.29 is 4.79 Å². The Kier molecular flexibility index (Phi) is 3.39. The molecule has 2 heterocycles. The van der Waals surface area contributed by atoms with E-state index in [1.165, 1.54) is 0 Å². The summed E-state index contributed by atoms with van der Waals surface area (Å²) in [7, 11) is 0. The zero-order valence-corrected chi connectivity index (χ0v) is 12.7. The second kappa shape index (κ2) is 5.21. The number of hydrogen-bond donors (Lipinski definition) is 2. The SMILES string of the molecule is CCn1cc(N)cc1C(=O)Nc1ccc2nc(C)sc2c1. The molecule has 5 nitrogen and oxygen atoms in total. The summed E-state index contributed by atoms with van der Waals surface area (Å²) in [6.07, 6.45) is 1.77. The van der Waals surface area contributed by atoms with E-state index in [-0.39, 0.29) is 5.91 Å². The lowest BCUT2D eigenvalue weighted by Gasteiger charge is -2.07. The molecular weight excluding hydrogens is 284 g/mol. The Balaban J connectivity index is 1.88. The van der Waals surface area contributed by atoms with E-state index in [0.29, 0.717) is 17.9 Å². The maximum atomic E-state index is 12.3. The minimum absolute atomic E-state index is 0.158. The largest absolute Gasteiger partial charge is 0.397 e. The summed E-state index contributed by atoms with van der Waals surface area (Å²) in [5.41, 5.74) is 8.63. The molecule has 0 aliphatic heterocycles. The second-order valence-electron chi connectivity index (χ2n) is 4.81. The standard InChI is InChI=1S/C15H16N4OS/c1-3-19-8-10(16)6-13(19)15(20)18-11-4-5-12-14(7-11)21-9(2)17-12/h4-8H,3,16H2,1-2H3,(H,18,20). The molecule has 21 heavy (non-hydrogen) atoms. The van der Waals surface area contributed by atoms with Crippen molar-refractivity contribution in [3.05, 3.63) is 41.2 Å². The van der Waals surface area contributed by atoms with Gasteiger partial charge in [0, 0.05) is 18.4 Å². The Morgan fingerprint density at radius 2 is 2.24 bits per heavy atom. The Hall–Kier alpha value is -2.34. The highest BCUT2D eigenvalue weighted by atomic mass is 32.1. The number of nitrogens with one attached hydrogen (secondary N) is 1. The molecular formula is C15H16N4OS. The lowest BCUT2D eigenvalue weighted by Crippen LogP contribution is -2.16. The summed E-state index contributed by atoms with van der Waals surface area (Å²) < 4.78 is 2.90. The third-order valence-corrected chi connectivity index (χ3v) is 4.18. The number of nitrogens with zero attached hydrogens (tertiary/aromatic N) is 2. The van der Waals surface area contributed by atoms with Crippen LogP contribution in [0.4, 0.5) is 11.4 Å². The highest BCUT2D eigenvalue weighted by molar-refractivity contribution is 7.18. The van der Waals surface area contributed by atoms with Crippen LogP contribution in [0.5, 0.6) is 0 Å². The van der Waals surface area contributed by atoms with Crippen molar-refractivity contribution in [2.45, 2.75) is 20.4 Å². The molecule has 0 unspecified atom stereocenters. The number of benzene rings is 1. The molecule has 2 aromatic heterocycles. The van der Waals surface area contributed by atoms with Gasteiger partial charge in [0.2, 0.25) is 0 Å². The molecule has 0 atom stereocenters. The molecule has 0 bridgehead atoms. The summed E-state index contributed by atoms with van der Waals surface area (Å²) in [6, 6.07) is 7.42. The fourth-order valence-corrected chi connectivity index (χ4v) is 3.16. The van der Waals surface area contributed by atoms with E-state index in [4.69, 9.17) is 5.73 Å². The van der Waals surface area contributed by atoms with E-state index >= 15 is 0 Å². The van der Waals surface area contributed by atoms with Gasteiger partial charge in [0.05, 0.1) is 20.9 Å². The third-order valence-electron chi connectivity index (χ3n) is 3.24. The number of nitrogens with two attached hydrogens (primary N) is 1. The predicted molar refractivity (Wildman–Crippen MR) is 86.8 cm³/mol. The van der Waals surface area contributed by atoms with Gasteiger partial charge >= 0.3 is 0 Å². The average Bonchev–Trinajstić information content (AvgIpc) is 2.99. The number of hydrogen-bond acceptors (Lipinski definition) is 4. The number of thiazole rings is 1. The average molecular weight is 300 g/mol. The first kappa shape index (κ1) is 13.6. The number of fused-ring (bicyclic) bond motifs is 1. The molecule has 3 aromatic rings. The third kappa shape index (κ3) is 2.62. The Labute approximate surface area is 126 Å². The van der Waals surface area contributed by atoms with Crippen molar-refractivity contribution in [3.8, 4) is 0 Å². The van der Waals surface area contributed by atoms with E-state index in [0.717, 1.165) is 20.9 Å². The normalized spacial score (nSPS) is 11.0. The molecule has 6 heteroatoms. The number of nitrogen functional groups attached to an aromatic ring is 1. The molecule has 0 saturated carbocycles. The van der Waals surface area contributed by atoms with Crippen molar-refractivity contribution in [1.29, 1.82) is 0 Å². The maximum absolute atomic E-state index is 12.3. The molecule has 0 aliphatic carbocycles. The van der Waals surface area contributed by atoms with Crippen molar-refractivity contribution in [3.63, 3.8) is 0 Å². The van der Waals surface area contributed by atoms with Gasteiger partial charge < -0.3 is 15.6 Å². The van der Waals surface area contributed by atoms with Crippen LogP contribution in [0.15, 0.2) is 30.5 Å². The molecule has 1 aromatic carbocycles. The summed E-state index contributed by atoms with van der Waals surface area (Å²) >= 11 is 1.61. The van der Waals surface area contributed by atoms with Crippen LogP contribution in [-0.4, -0.2) is 15.5 Å². The van der Waals surface area contributed by atoms with Crippen molar-refractivity contribution in [1.82, 2.24) is 9.55 Å². The summed E-state index contributed by atoms with van der Waals surface area (Å²) in [5.74, 6) is -0.158. The maximum Gasteiger partial charge on any atom is 0.272 e. The lowest BCUT2D eigenvalue weighted by molar-refractivity contribution is 0.101. The summed E-state index contributed by atoms with van der Waals surface area (Å²) in [4.78, 5) is 16.8. The topological polar surface area (TPSA) is 72.9 Å². The number of aromatic nitrogens is 2. The van der Waals surface area contributed by atoms with Crippen molar-refractivity contribution in [2.24, 2.45) is 0 Å². The number of aryl methyl sites for hydroxylation is 2. The fourth-order valence-electron chi connectivity index (χ4n) is 2.30. The van der Waals surface area contributed by atoms with Gasteiger partial charge in [-0.25, -0.2) is 4.98 Å². The van der Waals surface area contributed by atoms with Gasteiger partial charge in [0.15, 0.2) is 0 Å². The molecule has 0 saturated heterocycles. The molecule has 0 aliphatic rings. The number of carbonyl (C=O) groups is 1. The first-order valence-corrected chi connectivity index (χ1v) is 7.52. The van der Waals surface area contributed by atoms with E-state index in [9.17, 15) is 4.79 Å². The molecule has 1 amide bonds. The van der Waals surface area contributed by atoms with Gasteiger partial charge in [-0.2, -0.15) is 0 Å². The van der Waals surface area contributed by atoms with Crippen LogP contribution in [0.3, 0.4) is 0 Å². The van der Waals surface area contributed by atoms with Crippen molar-refractivity contribution >= 4 is 38.8 Å². The number of anilines is 2. The quantitative estimate of drug-likeness (QED) is 0.779. The second-order valence-corrected chi connectivity index (χ2v) is 6.05. The van der Waals surface area contributed by atoms with Crippen LogP contribution in [0.1, 0.15) is 22.4 Å². The number of carbonyl (C=O) groups excluding carboxylic acids is 1. The molecule has 108 valence electrons. The summed E-state index contributed by atoms with van der Waals surface area (Å²) in [6.45, 7) is 4.65. The zero-order valence-electron chi connectivity index (χ0n) is 11.9. The first-order valence-electron chi connectivity index (χ1n) is 6.71. The van der Waals surface area contributed by atoms with Crippen LogP contribution in [0.2, 0.25) is 0 Å². The smallest absolute Gasteiger partial charge is 0.272 e. The molecule has 0 radical (unpaired) electrons. The first-order chi connectivity index (χ1) is 10.1. The minimum Gasteiger partial charge on any atom is -0.397 e. The van der Waals surface area contributed by atoms with Crippen molar-refractivity contribution in [2.75, 3.05) is 11.1 Å². The molecule has 0 fully saturated rings. The monoisotopic (exact) mass is 300 g/mol. The van der Waals surface area contributed by atoms with Crippen LogP contribution in [0, 0.1) is 6.92 Å². The van der Waals surface area contributed by atoms with Crippen LogP contribution >= 0.6 is 11.3 Å². The predicted octanol–water partition coefficient (Wildman–Crippen LogP) is 3.26. The van der Waals surface area contributed by atoms with Crippen LogP contribution in [-0.2, 0) is 6.54 Å². The van der Waals surface area contributed by atoms with Gasteiger partial charge in [0.25, 0.3) is 5.91 Å². The highest BCUT2D eigenvalue weighted by Gasteiger charge is 2.13. The lowest BCUT2D eigenvalue weighted by atomic mass is 10.3.